The summed E-state index contributed by atoms with van der Waals surface area (Å²) in [5, 5.41) is 9.00. The summed E-state index contributed by atoms with van der Waals surface area (Å²) in [4.78, 5) is 23.3. The number of carbonyl (C=O) groups is 2. The van der Waals surface area contributed by atoms with Gasteiger partial charge in [0.15, 0.2) is 0 Å². The summed E-state index contributed by atoms with van der Waals surface area (Å²) in [6.07, 6.45) is 2.92. The van der Waals surface area contributed by atoms with Crippen molar-refractivity contribution in [3.63, 3.8) is 0 Å². The van der Waals surface area contributed by atoms with Crippen molar-refractivity contribution >= 4 is 33.4 Å². The highest BCUT2D eigenvalue weighted by Crippen LogP contribution is 2.19. The maximum Gasteiger partial charge on any atom is 0.256 e. The van der Waals surface area contributed by atoms with E-state index in [0.29, 0.717) is 10.2 Å². The molecule has 1 aromatic carbocycles. The van der Waals surface area contributed by atoms with E-state index >= 15 is 0 Å². The fraction of sp³-hybridized carbons (Fsp3) is 0.154. The third kappa shape index (κ3) is 3.88. The number of amides is 2. The van der Waals surface area contributed by atoms with Crippen LogP contribution in [-0.4, -0.2) is 28.6 Å². The molecule has 0 atom stereocenters. The number of nitrogens with one attached hydrogen (secondary N) is 2. The molecule has 0 aliphatic carbocycles. The molecule has 21 heavy (non-hydrogen) atoms. The highest BCUT2D eigenvalue weighted by molar-refractivity contribution is 9.10. The fourth-order valence-electron chi connectivity index (χ4n) is 1.61. The van der Waals surface area contributed by atoms with E-state index in [-0.39, 0.29) is 18.0 Å². The Morgan fingerprint density at radius 1 is 1.43 bits per heavy atom. The Bertz CT molecular complexity index is 687. The monoisotopic (exact) mass is 354 g/mol. The van der Waals surface area contributed by atoms with Crippen molar-refractivity contribution in [2.24, 2.45) is 0 Å². The molecule has 0 bridgehead atoms. The van der Waals surface area contributed by atoms with Crippen molar-refractivity contribution in [3.05, 3.63) is 46.4 Å². The molecule has 2 N–H and O–H groups in total. The minimum absolute atomic E-state index is 0.0516. The highest BCUT2D eigenvalue weighted by Gasteiger charge is 2.12. The first kappa shape index (κ1) is 15.2. The number of aromatic nitrogens is 2. The van der Waals surface area contributed by atoms with Gasteiger partial charge in [0.2, 0.25) is 5.91 Å². The van der Waals surface area contributed by atoms with Gasteiger partial charge in [-0.2, -0.15) is 5.10 Å². The fourth-order valence-corrected chi connectivity index (χ4v) is 2.04. The lowest BCUT2D eigenvalue weighted by molar-refractivity contribution is -0.121. The van der Waals surface area contributed by atoms with Gasteiger partial charge in [0, 0.05) is 17.7 Å². The van der Waals surface area contributed by atoms with Crippen LogP contribution in [0.3, 0.4) is 0 Å². The molecule has 0 spiro atoms. The standard InChI is InChI=1S/C13H12BrFN4O2/c1-16-12(20)7-19-6-9(5-17-19)18-13(21)10-4-8(15)2-3-11(10)14/h2-6H,7H2,1H3,(H,16,20)(H,18,21). The summed E-state index contributed by atoms with van der Waals surface area (Å²) in [6.45, 7) is 0.0516. The van der Waals surface area contributed by atoms with E-state index in [1.54, 1.807) is 0 Å². The second-order valence-electron chi connectivity index (χ2n) is 4.18. The van der Waals surface area contributed by atoms with Gasteiger partial charge in [-0.05, 0) is 34.1 Å². The summed E-state index contributed by atoms with van der Waals surface area (Å²) in [5.41, 5.74) is 0.592. The van der Waals surface area contributed by atoms with Crippen molar-refractivity contribution in [2.45, 2.75) is 6.54 Å². The van der Waals surface area contributed by atoms with E-state index < -0.39 is 11.7 Å². The molecule has 0 saturated carbocycles. The minimum Gasteiger partial charge on any atom is -0.358 e. The summed E-state index contributed by atoms with van der Waals surface area (Å²) in [5.74, 6) is -1.18. The molecule has 6 nitrogen and oxygen atoms in total. The van der Waals surface area contributed by atoms with Crippen LogP contribution in [0.25, 0.3) is 0 Å². The van der Waals surface area contributed by atoms with Gasteiger partial charge >= 0.3 is 0 Å². The molecule has 0 fully saturated rings. The van der Waals surface area contributed by atoms with E-state index in [9.17, 15) is 14.0 Å². The molecule has 2 aromatic rings. The van der Waals surface area contributed by atoms with Crippen LogP contribution >= 0.6 is 15.9 Å². The van der Waals surface area contributed by atoms with Crippen molar-refractivity contribution in [3.8, 4) is 0 Å². The van der Waals surface area contributed by atoms with Crippen molar-refractivity contribution < 1.29 is 14.0 Å². The zero-order valence-electron chi connectivity index (χ0n) is 11.1. The Balaban J connectivity index is 2.09. The second kappa shape index (κ2) is 6.49. The Morgan fingerprint density at radius 3 is 2.90 bits per heavy atom. The molecule has 2 amide bonds. The largest absolute Gasteiger partial charge is 0.358 e. The van der Waals surface area contributed by atoms with Crippen LogP contribution in [0.2, 0.25) is 0 Å². The van der Waals surface area contributed by atoms with Gasteiger partial charge in [0.05, 0.1) is 17.4 Å². The van der Waals surface area contributed by atoms with Crippen LogP contribution in [0.1, 0.15) is 10.4 Å². The maximum absolute atomic E-state index is 13.2. The van der Waals surface area contributed by atoms with Crippen molar-refractivity contribution in [1.82, 2.24) is 15.1 Å². The Hall–Kier alpha value is -2.22. The van der Waals surface area contributed by atoms with Crippen molar-refractivity contribution in [1.29, 1.82) is 0 Å². The van der Waals surface area contributed by atoms with Gasteiger partial charge < -0.3 is 10.6 Å². The number of hydrogen-bond acceptors (Lipinski definition) is 3. The van der Waals surface area contributed by atoms with Gasteiger partial charge in [-0.15, -0.1) is 0 Å². The Morgan fingerprint density at radius 2 is 2.19 bits per heavy atom. The summed E-state index contributed by atoms with van der Waals surface area (Å²) in [7, 11) is 1.52. The average molecular weight is 355 g/mol. The average Bonchev–Trinajstić information content (AvgIpc) is 2.88. The number of rotatable bonds is 4. The Kier molecular flexibility index (Phi) is 4.69. The number of carbonyl (C=O) groups excluding carboxylic acids is 2. The molecule has 1 heterocycles. The molecule has 0 aliphatic heterocycles. The van der Waals surface area contributed by atoms with Gasteiger partial charge in [-0.25, -0.2) is 4.39 Å². The van der Waals surface area contributed by atoms with Crippen LogP contribution in [-0.2, 0) is 11.3 Å². The topological polar surface area (TPSA) is 76.0 Å². The SMILES string of the molecule is CNC(=O)Cn1cc(NC(=O)c2cc(F)ccc2Br)cn1. The number of benzene rings is 1. The Labute approximate surface area is 128 Å². The lowest BCUT2D eigenvalue weighted by Crippen LogP contribution is -2.23. The van der Waals surface area contributed by atoms with E-state index in [2.05, 4.69) is 31.7 Å². The summed E-state index contributed by atoms with van der Waals surface area (Å²) < 4.78 is 15.0. The molecular formula is C13H12BrFN4O2. The second-order valence-corrected chi connectivity index (χ2v) is 5.03. The highest BCUT2D eigenvalue weighted by atomic mass is 79.9. The summed E-state index contributed by atoms with van der Waals surface area (Å²) in [6, 6.07) is 3.84. The number of anilines is 1. The van der Waals surface area contributed by atoms with Crippen LogP contribution in [0.15, 0.2) is 35.1 Å². The summed E-state index contributed by atoms with van der Waals surface area (Å²) >= 11 is 3.19. The number of nitrogens with zero attached hydrogens (tertiary/aromatic N) is 2. The molecule has 2 rings (SSSR count). The van der Waals surface area contributed by atoms with Gasteiger partial charge in [0.25, 0.3) is 5.91 Å². The number of hydrogen-bond donors (Lipinski definition) is 2. The van der Waals surface area contributed by atoms with E-state index in [1.165, 1.54) is 36.3 Å². The molecular weight excluding hydrogens is 343 g/mol. The zero-order chi connectivity index (χ0) is 15.4. The van der Waals surface area contributed by atoms with E-state index in [1.807, 2.05) is 0 Å². The normalized spacial score (nSPS) is 10.2. The van der Waals surface area contributed by atoms with Gasteiger partial charge in [-0.3, -0.25) is 14.3 Å². The first-order chi connectivity index (χ1) is 9.99. The quantitative estimate of drug-likeness (QED) is 0.878. The molecule has 110 valence electrons. The van der Waals surface area contributed by atoms with Crippen molar-refractivity contribution in [2.75, 3.05) is 12.4 Å². The minimum atomic E-state index is -0.501. The molecule has 0 aliphatic rings. The predicted molar refractivity (Wildman–Crippen MR) is 78.3 cm³/mol. The lowest BCUT2D eigenvalue weighted by Gasteiger charge is -2.05. The number of likely N-dealkylation sites (N-methyl/N-ethyl adjacent to an activating group) is 1. The third-order valence-corrected chi connectivity index (χ3v) is 3.34. The van der Waals surface area contributed by atoms with Gasteiger partial charge in [0.1, 0.15) is 12.4 Å². The number of halogens is 2. The van der Waals surface area contributed by atoms with Crippen LogP contribution in [0.5, 0.6) is 0 Å². The van der Waals surface area contributed by atoms with E-state index in [4.69, 9.17) is 0 Å². The molecule has 0 radical (unpaired) electrons. The smallest absolute Gasteiger partial charge is 0.256 e. The van der Waals surface area contributed by atoms with Crippen LogP contribution in [0.4, 0.5) is 10.1 Å². The first-order valence-electron chi connectivity index (χ1n) is 5.99. The van der Waals surface area contributed by atoms with Crippen LogP contribution in [0, 0.1) is 5.82 Å². The van der Waals surface area contributed by atoms with E-state index in [0.717, 1.165) is 6.07 Å². The predicted octanol–water partition coefficient (Wildman–Crippen LogP) is 1.78. The van der Waals surface area contributed by atoms with Crippen LogP contribution < -0.4 is 10.6 Å². The maximum atomic E-state index is 13.2. The van der Waals surface area contributed by atoms with Gasteiger partial charge in [-0.1, -0.05) is 0 Å². The first-order valence-corrected chi connectivity index (χ1v) is 6.78. The molecule has 1 aromatic heterocycles. The third-order valence-electron chi connectivity index (χ3n) is 2.65. The molecule has 0 saturated heterocycles. The molecule has 0 unspecified atom stereocenters. The lowest BCUT2D eigenvalue weighted by atomic mass is 10.2. The zero-order valence-corrected chi connectivity index (χ0v) is 12.6. The molecule has 8 heteroatoms.